The van der Waals surface area contributed by atoms with Gasteiger partial charge in [0.2, 0.25) is 6.17 Å². The zero-order chi connectivity index (χ0) is 22.2. The zero-order valence-electron chi connectivity index (χ0n) is 15.0. The van der Waals surface area contributed by atoms with E-state index in [1.54, 1.807) is 0 Å². The number of methoxy groups -OCH3 is 1. The molecule has 13 heteroatoms. The minimum atomic E-state index is -4.46. The third-order valence-electron chi connectivity index (χ3n) is 4.01. The number of fused-ring (bicyclic) bond motifs is 1. The lowest BCUT2D eigenvalue weighted by Gasteiger charge is -2.09. The van der Waals surface area contributed by atoms with E-state index < -0.39 is 50.9 Å². The normalized spacial score (nSPS) is 12.7. The zero-order valence-corrected chi connectivity index (χ0v) is 18.2. The highest BCUT2D eigenvalue weighted by molar-refractivity contribution is 9.10. The molecule has 0 radical (unpaired) electrons. The van der Waals surface area contributed by atoms with E-state index >= 15 is 0 Å². The standard InChI is InChI=1S/C17H12BrClF3N3O4S/c1-29-17(26)12(22)6-25-7-14(8-2-3-15(19)23-16(8)25)30(27,28)24-13-5-10(20)9(18)4-11(13)21/h2-5,7,12,24H,6H2,1H3. The fourth-order valence-electron chi connectivity index (χ4n) is 2.64. The molecule has 2 aromatic heterocycles. The van der Waals surface area contributed by atoms with Crippen molar-refractivity contribution in [1.82, 2.24) is 9.55 Å². The summed E-state index contributed by atoms with van der Waals surface area (Å²) < 4.78 is 74.8. The summed E-state index contributed by atoms with van der Waals surface area (Å²) in [4.78, 5) is 15.0. The number of carbonyl (C=O) groups excluding carboxylic acids is 1. The van der Waals surface area contributed by atoms with Crippen LogP contribution in [0, 0.1) is 11.6 Å². The number of nitrogens with zero attached hydrogens (tertiary/aromatic N) is 2. The molecule has 160 valence electrons. The van der Waals surface area contributed by atoms with Gasteiger partial charge in [-0.3, -0.25) is 4.72 Å². The molecule has 7 nitrogen and oxygen atoms in total. The van der Waals surface area contributed by atoms with Crippen LogP contribution in [-0.2, 0) is 26.1 Å². The van der Waals surface area contributed by atoms with E-state index in [0.717, 1.165) is 23.9 Å². The Labute approximate surface area is 182 Å². The van der Waals surface area contributed by atoms with E-state index in [4.69, 9.17) is 11.6 Å². The van der Waals surface area contributed by atoms with Crippen LogP contribution in [0.5, 0.6) is 0 Å². The Bertz CT molecular complexity index is 1250. The van der Waals surface area contributed by atoms with Gasteiger partial charge < -0.3 is 9.30 Å². The molecule has 3 aromatic rings. The Morgan fingerprint density at radius 3 is 2.70 bits per heavy atom. The van der Waals surface area contributed by atoms with Crippen LogP contribution in [0.1, 0.15) is 0 Å². The molecule has 1 N–H and O–H groups in total. The van der Waals surface area contributed by atoms with Gasteiger partial charge >= 0.3 is 5.97 Å². The van der Waals surface area contributed by atoms with Crippen molar-refractivity contribution in [2.45, 2.75) is 17.6 Å². The predicted octanol–water partition coefficient (Wildman–Crippen LogP) is 4.04. The second kappa shape index (κ2) is 8.44. The quantitative estimate of drug-likeness (QED) is 0.297. The van der Waals surface area contributed by atoms with Gasteiger partial charge in [0.15, 0.2) is 0 Å². The summed E-state index contributed by atoms with van der Waals surface area (Å²) in [6.45, 7) is -0.604. The Kier molecular flexibility index (Phi) is 6.29. The Balaban J connectivity index is 2.09. The molecule has 30 heavy (non-hydrogen) atoms. The molecule has 0 spiro atoms. The van der Waals surface area contributed by atoms with Gasteiger partial charge in [0.1, 0.15) is 27.3 Å². The number of rotatable bonds is 6. The van der Waals surface area contributed by atoms with Crippen LogP contribution in [0.4, 0.5) is 18.9 Å². The van der Waals surface area contributed by atoms with Crippen molar-refractivity contribution in [2.75, 3.05) is 11.8 Å². The van der Waals surface area contributed by atoms with Crippen molar-refractivity contribution >= 4 is 60.2 Å². The van der Waals surface area contributed by atoms with Crippen LogP contribution < -0.4 is 4.72 Å². The maximum atomic E-state index is 14.1. The average Bonchev–Trinajstić information content (AvgIpc) is 3.03. The molecule has 3 rings (SSSR count). The highest BCUT2D eigenvalue weighted by atomic mass is 79.9. The Morgan fingerprint density at radius 1 is 1.33 bits per heavy atom. The van der Waals surface area contributed by atoms with Crippen molar-refractivity contribution in [3.63, 3.8) is 0 Å². The maximum Gasteiger partial charge on any atom is 0.342 e. The van der Waals surface area contributed by atoms with Crippen molar-refractivity contribution in [3.05, 3.63) is 51.7 Å². The average molecular weight is 527 g/mol. The molecule has 0 aliphatic carbocycles. The highest BCUT2D eigenvalue weighted by Gasteiger charge is 2.26. The molecule has 1 aromatic carbocycles. The first-order chi connectivity index (χ1) is 14.0. The summed E-state index contributed by atoms with van der Waals surface area (Å²) in [7, 11) is -3.46. The maximum absolute atomic E-state index is 14.1. The van der Waals surface area contributed by atoms with Crippen LogP contribution in [0.15, 0.2) is 39.8 Å². The number of esters is 1. The van der Waals surface area contributed by atoms with Gasteiger partial charge in [-0.05, 0) is 34.1 Å². The molecule has 1 atom stereocenters. The summed E-state index contributed by atoms with van der Waals surface area (Å²) in [5.74, 6) is -3.07. The van der Waals surface area contributed by atoms with E-state index in [2.05, 4.69) is 25.7 Å². The SMILES string of the molecule is COC(=O)C(F)Cn1cc(S(=O)(=O)Nc2cc(F)c(Br)cc2F)c2ccc(Cl)nc21. The summed E-state index contributed by atoms with van der Waals surface area (Å²) in [6.07, 6.45) is -1.09. The molecule has 0 saturated heterocycles. The number of alkyl halides is 1. The number of carbonyl (C=O) groups is 1. The third-order valence-corrected chi connectivity index (χ3v) is 6.22. The van der Waals surface area contributed by atoms with Gasteiger partial charge in [-0.1, -0.05) is 11.6 Å². The fourth-order valence-corrected chi connectivity index (χ4v) is 4.37. The van der Waals surface area contributed by atoms with Crippen LogP contribution in [0.25, 0.3) is 11.0 Å². The molecular weight excluding hydrogens is 515 g/mol. The number of hydrogen-bond donors (Lipinski definition) is 1. The lowest BCUT2D eigenvalue weighted by Crippen LogP contribution is -2.23. The number of ether oxygens (including phenoxy) is 1. The molecule has 1 unspecified atom stereocenters. The van der Waals surface area contributed by atoms with E-state index in [-0.39, 0.29) is 20.7 Å². The molecule has 2 heterocycles. The number of sulfonamides is 1. The molecule has 0 saturated carbocycles. The first kappa shape index (κ1) is 22.4. The molecule has 0 bridgehead atoms. The Hall–Kier alpha value is -2.31. The van der Waals surface area contributed by atoms with Gasteiger partial charge in [-0.15, -0.1) is 0 Å². The van der Waals surface area contributed by atoms with Crippen molar-refractivity contribution in [2.24, 2.45) is 0 Å². The number of benzene rings is 1. The summed E-state index contributed by atoms with van der Waals surface area (Å²) >= 11 is 8.65. The smallest absolute Gasteiger partial charge is 0.342 e. The van der Waals surface area contributed by atoms with Crippen LogP contribution in [0.3, 0.4) is 0 Å². The fraction of sp³-hybridized carbons (Fsp3) is 0.176. The number of pyridine rings is 1. The molecular formula is C17H12BrClF3N3O4S. The third kappa shape index (κ3) is 4.40. The molecule has 0 aliphatic heterocycles. The first-order valence-electron chi connectivity index (χ1n) is 8.08. The van der Waals surface area contributed by atoms with Gasteiger partial charge in [0.25, 0.3) is 10.0 Å². The second-order valence-corrected chi connectivity index (χ2v) is 8.89. The minimum absolute atomic E-state index is 0.00624. The minimum Gasteiger partial charge on any atom is -0.467 e. The number of halogens is 5. The van der Waals surface area contributed by atoms with Crippen LogP contribution in [-0.4, -0.2) is 37.2 Å². The van der Waals surface area contributed by atoms with E-state index in [0.29, 0.717) is 6.07 Å². The molecule has 0 fully saturated rings. The van der Waals surface area contributed by atoms with Gasteiger partial charge in [0, 0.05) is 17.6 Å². The van der Waals surface area contributed by atoms with Crippen LogP contribution >= 0.6 is 27.5 Å². The van der Waals surface area contributed by atoms with Crippen LogP contribution in [0.2, 0.25) is 5.15 Å². The van der Waals surface area contributed by atoms with E-state index in [9.17, 15) is 26.4 Å². The van der Waals surface area contributed by atoms with Crippen molar-refractivity contribution < 1.29 is 31.1 Å². The first-order valence-corrected chi connectivity index (χ1v) is 10.7. The topological polar surface area (TPSA) is 90.3 Å². The van der Waals surface area contributed by atoms with Crippen molar-refractivity contribution in [1.29, 1.82) is 0 Å². The highest BCUT2D eigenvalue weighted by Crippen LogP contribution is 2.30. The van der Waals surface area contributed by atoms with E-state index in [1.165, 1.54) is 12.1 Å². The molecule has 0 aliphatic rings. The second-order valence-electron chi connectivity index (χ2n) is 5.99. The summed E-state index contributed by atoms with van der Waals surface area (Å²) in [5, 5.41) is 0.0233. The monoisotopic (exact) mass is 525 g/mol. The lowest BCUT2D eigenvalue weighted by atomic mass is 10.3. The van der Waals surface area contributed by atoms with Gasteiger partial charge in [-0.2, -0.15) is 0 Å². The number of nitrogens with one attached hydrogen (secondary N) is 1. The summed E-state index contributed by atoms with van der Waals surface area (Å²) in [6, 6.07) is 4.06. The van der Waals surface area contributed by atoms with Crippen molar-refractivity contribution in [3.8, 4) is 0 Å². The summed E-state index contributed by atoms with van der Waals surface area (Å²) in [5.41, 5.74) is -0.659. The number of aromatic nitrogens is 2. The van der Waals surface area contributed by atoms with Gasteiger partial charge in [0.05, 0.1) is 23.8 Å². The predicted molar refractivity (Wildman–Crippen MR) is 107 cm³/mol. The largest absolute Gasteiger partial charge is 0.467 e. The Morgan fingerprint density at radius 2 is 2.03 bits per heavy atom. The van der Waals surface area contributed by atoms with Gasteiger partial charge in [-0.25, -0.2) is 31.4 Å². The molecule has 0 amide bonds. The number of hydrogen-bond acceptors (Lipinski definition) is 5. The number of anilines is 1. The lowest BCUT2D eigenvalue weighted by molar-refractivity contribution is -0.146. The van der Waals surface area contributed by atoms with E-state index in [1.807, 2.05) is 4.72 Å².